The minimum atomic E-state index is -0.236. The normalized spacial score (nSPS) is 10.3. The van der Waals surface area contributed by atoms with E-state index >= 15 is 0 Å². The van der Waals surface area contributed by atoms with E-state index in [-0.39, 0.29) is 5.91 Å². The highest BCUT2D eigenvalue weighted by atomic mass is 35.5. The number of carbonyl (C=O) groups excluding carboxylic acids is 1. The fraction of sp³-hybridized carbons (Fsp3) is 0.154. The second-order valence-corrected chi connectivity index (χ2v) is 5.59. The summed E-state index contributed by atoms with van der Waals surface area (Å²) in [5, 5.41) is 3.20. The van der Waals surface area contributed by atoms with E-state index in [4.69, 9.17) is 22.1 Å². The highest BCUT2D eigenvalue weighted by Gasteiger charge is 2.13. The molecule has 1 amide bonds. The van der Waals surface area contributed by atoms with Crippen LogP contribution >= 0.6 is 22.9 Å². The number of nitrogens with one attached hydrogen (secondary N) is 1. The van der Waals surface area contributed by atoms with Gasteiger partial charge in [0.1, 0.15) is 5.75 Å². The number of halogens is 1. The van der Waals surface area contributed by atoms with Crippen LogP contribution in [0, 0.1) is 6.92 Å². The summed E-state index contributed by atoms with van der Waals surface area (Å²) < 4.78 is 5.09. The minimum Gasteiger partial charge on any atom is -0.497 e. The lowest BCUT2D eigenvalue weighted by atomic mass is 10.3. The van der Waals surface area contributed by atoms with E-state index in [0.717, 1.165) is 4.88 Å². The summed E-state index contributed by atoms with van der Waals surface area (Å²) >= 11 is 7.38. The molecule has 0 saturated carbocycles. The Kier molecular flexibility index (Phi) is 3.97. The van der Waals surface area contributed by atoms with Crippen LogP contribution < -0.4 is 15.8 Å². The van der Waals surface area contributed by atoms with Crippen molar-refractivity contribution in [2.75, 3.05) is 18.2 Å². The van der Waals surface area contributed by atoms with E-state index in [1.165, 1.54) is 11.3 Å². The molecule has 0 fully saturated rings. The second kappa shape index (κ2) is 5.50. The molecule has 6 heteroatoms. The zero-order valence-corrected chi connectivity index (χ0v) is 12.1. The Balaban J connectivity index is 2.23. The second-order valence-electron chi connectivity index (χ2n) is 3.92. The van der Waals surface area contributed by atoms with Gasteiger partial charge in [-0.3, -0.25) is 4.79 Å². The fourth-order valence-electron chi connectivity index (χ4n) is 1.52. The van der Waals surface area contributed by atoms with Gasteiger partial charge in [0, 0.05) is 16.6 Å². The Morgan fingerprint density at radius 3 is 2.74 bits per heavy atom. The number of hydrogen-bond donors (Lipinski definition) is 2. The lowest BCUT2D eigenvalue weighted by Gasteiger charge is -2.08. The van der Waals surface area contributed by atoms with Crippen LogP contribution in [0.4, 0.5) is 11.4 Å². The molecule has 1 heterocycles. The zero-order valence-electron chi connectivity index (χ0n) is 10.5. The predicted molar refractivity (Wildman–Crippen MR) is 79.4 cm³/mol. The Labute approximate surface area is 120 Å². The molecular weight excluding hydrogens is 284 g/mol. The zero-order chi connectivity index (χ0) is 14.0. The molecule has 1 aromatic heterocycles. The summed E-state index contributed by atoms with van der Waals surface area (Å²) in [5.41, 5.74) is 6.86. The van der Waals surface area contributed by atoms with Gasteiger partial charge in [-0.25, -0.2) is 0 Å². The first-order valence-corrected chi connectivity index (χ1v) is 6.71. The van der Waals surface area contributed by atoms with Crippen molar-refractivity contribution in [3.05, 3.63) is 39.0 Å². The quantitative estimate of drug-likeness (QED) is 0.910. The lowest BCUT2D eigenvalue weighted by Crippen LogP contribution is -2.10. The van der Waals surface area contributed by atoms with Crippen molar-refractivity contribution >= 4 is 40.2 Å². The topological polar surface area (TPSA) is 64.3 Å². The Hall–Kier alpha value is -1.72. The van der Waals surface area contributed by atoms with Crippen LogP contribution in [0.3, 0.4) is 0 Å². The van der Waals surface area contributed by atoms with Gasteiger partial charge in [-0.2, -0.15) is 0 Å². The predicted octanol–water partition coefficient (Wildman–Crippen LogP) is 3.55. The molecule has 0 spiro atoms. The van der Waals surface area contributed by atoms with Gasteiger partial charge in [0.2, 0.25) is 0 Å². The number of ether oxygens (including phenoxy) is 1. The molecule has 0 aliphatic heterocycles. The Morgan fingerprint density at radius 2 is 2.16 bits per heavy atom. The summed E-state index contributed by atoms with van der Waals surface area (Å²) in [4.78, 5) is 13.5. The van der Waals surface area contributed by atoms with Crippen LogP contribution in [-0.4, -0.2) is 13.0 Å². The van der Waals surface area contributed by atoms with Gasteiger partial charge in [0.25, 0.3) is 5.91 Å². The molecule has 0 saturated heterocycles. The van der Waals surface area contributed by atoms with Crippen molar-refractivity contribution in [2.45, 2.75) is 6.92 Å². The van der Waals surface area contributed by atoms with Gasteiger partial charge < -0.3 is 15.8 Å². The van der Waals surface area contributed by atoms with Gasteiger partial charge in [0.05, 0.1) is 22.7 Å². The highest BCUT2D eigenvalue weighted by molar-refractivity contribution is 7.14. The van der Waals surface area contributed by atoms with Gasteiger partial charge in [0.15, 0.2) is 0 Å². The van der Waals surface area contributed by atoms with Gasteiger partial charge in [-0.15, -0.1) is 11.3 Å². The summed E-state index contributed by atoms with van der Waals surface area (Å²) in [6.45, 7) is 1.87. The third kappa shape index (κ3) is 3.00. The number of carbonyl (C=O) groups is 1. The Bertz CT molecular complexity index is 606. The van der Waals surface area contributed by atoms with E-state index in [9.17, 15) is 4.79 Å². The first kappa shape index (κ1) is 13.7. The molecule has 0 bridgehead atoms. The third-order valence-corrected chi connectivity index (χ3v) is 4.00. The molecule has 0 unspecified atom stereocenters. The molecule has 100 valence electrons. The third-order valence-electron chi connectivity index (χ3n) is 2.60. The van der Waals surface area contributed by atoms with E-state index in [2.05, 4.69) is 5.32 Å². The molecule has 0 atom stereocenters. The molecule has 2 rings (SSSR count). The van der Waals surface area contributed by atoms with Gasteiger partial charge in [-0.05, 0) is 25.1 Å². The van der Waals surface area contributed by atoms with Crippen molar-refractivity contribution in [1.82, 2.24) is 0 Å². The molecule has 0 aliphatic rings. The van der Waals surface area contributed by atoms with E-state index in [1.54, 1.807) is 31.4 Å². The molecule has 3 N–H and O–H groups in total. The minimum absolute atomic E-state index is 0.236. The number of amides is 1. The monoisotopic (exact) mass is 296 g/mol. The number of rotatable bonds is 3. The van der Waals surface area contributed by atoms with Crippen LogP contribution in [-0.2, 0) is 0 Å². The first-order chi connectivity index (χ1) is 9.01. The average Bonchev–Trinajstić information content (AvgIpc) is 2.72. The van der Waals surface area contributed by atoms with E-state index < -0.39 is 0 Å². The molecule has 4 nitrogen and oxygen atoms in total. The summed E-state index contributed by atoms with van der Waals surface area (Å²) in [5.74, 6) is 0.390. The maximum Gasteiger partial charge on any atom is 0.265 e. The van der Waals surface area contributed by atoms with Crippen LogP contribution in [0.2, 0.25) is 5.02 Å². The van der Waals surface area contributed by atoms with Gasteiger partial charge in [-0.1, -0.05) is 11.6 Å². The average molecular weight is 297 g/mol. The molecule has 0 radical (unpaired) electrons. The largest absolute Gasteiger partial charge is 0.497 e. The summed E-state index contributed by atoms with van der Waals surface area (Å²) in [6, 6.07) is 6.72. The highest BCUT2D eigenvalue weighted by Crippen LogP contribution is 2.29. The number of anilines is 2. The van der Waals surface area contributed by atoms with Crippen molar-refractivity contribution < 1.29 is 9.53 Å². The van der Waals surface area contributed by atoms with Crippen molar-refractivity contribution in [1.29, 1.82) is 0 Å². The number of benzene rings is 1. The van der Waals surface area contributed by atoms with Gasteiger partial charge >= 0.3 is 0 Å². The molecule has 0 aliphatic carbocycles. The van der Waals surface area contributed by atoms with Crippen LogP contribution in [0.5, 0.6) is 5.75 Å². The Morgan fingerprint density at radius 1 is 1.42 bits per heavy atom. The standard InChI is InChI=1S/C13H13ClN2O2S/c1-7-10(15)6-12(19-7)13(17)16-11-5-8(18-2)3-4-9(11)14/h3-6H,15H2,1-2H3,(H,16,17). The molecule has 19 heavy (non-hydrogen) atoms. The van der Waals surface area contributed by atoms with Crippen molar-refractivity contribution in [3.8, 4) is 5.75 Å². The lowest BCUT2D eigenvalue weighted by molar-refractivity contribution is 0.103. The van der Waals surface area contributed by atoms with Crippen LogP contribution in [0.25, 0.3) is 0 Å². The van der Waals surface area contributed by atoms with Crippen molar-refractivity contribution in [2.24, 2.45) is 0 Å². The molecule has 1 aromatic carbocycles. The summed E-state index contributed by atoms with van der Waals surface area (Å²) in [7, 11) is 1.55. The van der Waals surface area contributed by atoms with Crippen molar-refractivity contribution in [3.63, 3.8) is 0 Å². The fourth-order valence-corrected chi connectivity index (χ4v) is 2.52. The number of thiophene rings is 1. The van der Waals surface area contributed by atoms with Crippen LogP contribution in [0.1, 0.15) is 14.5 Å². The first-order valence-electron chi connectivity index (χ1n) is 5.52. The number of nitrogen functional groups attached to an aromatic ring is 1. The van der Waals surface area contributed by atoms with E-state index in [1.807, 2.05) is 6.92 Å². The number of nitrogens with two attached hydrogens (primary N) is 1. The smallest absolute Gasteiger partial charge is 0.265 e. The number of hydrogen-bond acceptors (Lipinski definition) is 4. The number of methoxy groups -OCH3 is 1. The molecule has 2 aromatic rings. The summed E-state index contributed by atoms with van der Waals surface area (Å²) in [6.07, 6.45) is 0. The van der Waals surface area contributed by atoms with E-state index in [0.29, 0.717) is 27.0 Å². The maximum atomic E-state index is 12.1. The number of aryl methyl sites for hydroxylation is 1. The SMILES string of the molecule is COc1ccc(Cl)c(NC(=O)c2cc(N)c(C)s2)c1. The molecular formula is C13H13ClN2O2S. The maximum absolute atomic E-state index is 12.1. The van der Waals surface area contributed by atoms with Crippen LogP contribution in [0.15, 0.2) is 24.3 Å².